The van der Waals surface area contributed by atoms with E-state index in [2.05, 4.69) is 15.3 Å². The van der Waals surface area contributed by atoms with Gasteiger partial charge in [-0.2, -0.15) is 4.98 Å². The Morgan fingerprint density at radius 3 is 2.68 bits per heavy atom. The fourth-order valence-electron chi connectivity index (χ4n) is 1.67. The van der Waals surface area contributed by atoms with Gasteiger partial charge in [0, 0.05) is 12.6 Å². The molecular weight excluding hydrogens is 262 g/mol. The van der Waals surface area contributed by atoms with Gasteiger partial charge in [0.05, 0.1) is 5.02 Å². The first-order chi connectivity index (χ1) is 9.08. The van der Waals surface area contributed by atoms with Crippen LogP contribution in [0.5, 0.6) is 11.6 Å². The van der Waals surface area contributed by atoms with Crippen LogP contribution in [0.2, 0.25) is 5.02 Å². The van der Waals surface area contributed by atoms with Crippen molar-refractivity contribution in [2.75, 3.05) is 11.9 Å². The van der Waals surface area contributed by atoms with E-state index in [0.717, 1.165) is 17.9 Å². The second-order valence-corrected chi connectivity index (χ2v) is 4.61. The summed E-state index contributed by atoms with van der Waals surface area (Å²) < 4.78 is 5.71. The van der Waals surface area contributed by atoms with Gasteiger partial charge < -0.3 is 10.1 Å². The zero-order valence-electron chi connectivity index (χ0n) is 11.2. The van der Waals surface area contributed by atoms with Gasteiger partial charge in [-0.1, -0.05) is 17.7 Å². The SMILES string of the molecule is CCNc1cc(Oc2ccc(C)cc2Cl)nc(C)n1. The maximum absolute atomic E-state index is 6.14. The van der Waals surface area contributed by atoms with E-state index in [1.807, 2.05) is 39.0 Å². The number of aryl methyl sites for hydroxylation is 2. The Labute approximate surface area is 117 Å². The van der Waals surface area contributed by atoms with Crippen molar-refractivity contribution in [1.82, 2.24) is 9.97 Å². The van der Waals surface area contributed by atoms with Crippen LogP contribution in [0.1, 0.15) is 18.3 Å². The van der Waals surface area contributed by atoms with Crippen LogP contribution < -0.4 is 10.1 Å². The monoisotopic (exact) mass is 277 g/mol. The second kappa shape index (κ2) is 5.89. The molecule has 0 bridgehead atoms. The fraction of sp³-hybridized carbons (Fsp3) is 0.286. The van der Waals surface area contributed by atoms with Gasteiger partial charge in [0.2, 0.25) is 5.88 Å². The highest BCUT2D eigenvalue weighted by Gasteiger charge is 2.07. The molecule has 0 atom stereocenters. The lowest BCUT2D eigenvalue weighted by molar-refractivity contribution is 0.460. The highest BCUT2D eigenvalue weighted by atomic mass is 35.5. The van der Waals surface area contributed by atoms with Gasteiger partial charge in [0.1, 0.15) is 17.4 Å². The molecule has 100 valence electrons. The van der Waals surface area contributed by atoms with Crippen molar-refractivity contribution in [3.05, 3.63) is 40.7 Å². The predicted octanol–water partition coefficient (Wildman–Crippen LogP) is 3.97. The van der Waals surface area contributed by atoms with E-state index in [9.17, 15) is 0 Å². The molecule has 1 aromatic carbocycles. The van der Waals surface area contributed by atoms with E-state index in [0.29, 0.717) is 22.5 Å². The lowest BCUT2D eigenvalue weighted by atomic mass is 10.2. The summed E-state index contributed by atoms with van der Waals surface area (Å²) in [5, 5.41) is 3.70. The van der Waals surface area contributed by atoms with E-state index < -0.39 is 0 Å². The summed E-state index contributed by atoms with van der Waals surface area (Å²) >= 11 is 6.14. The van der Waals surface area contributed by atoms with Crippen molar-refractivity contribution < 1.29 is 4.74 Å². The molecular formula is C14H16ClN3O. The van der Waals surface area contributed by atoms with Crippen LogP contribution in [0, 0.1) is 13.8 Å². The van der Waals surface area contributed by atoms with Crippen molar-refractivity contribution in [2.24, 2.45) is 0 Å². The first-order valence-corrected chi connectivity index (χ1v) is 6.50. The Bertz CT molecular complexity index is 587. The second-order valence-electron chi connectivity index (χ2n) is 4.20. The molecule has 0 saturated heterocycles. The van der Waals surface area contributed by atoms with Crippen LogP contribution in [0.3, 0.4) is 0 Å². The number of hydrogen-bond donors (Lipinski definition) is 1. The molecule has 1 N–H and O–H groups in total. The molecule has 2 rings (SSSR count). The van der Waals surface area contributed by atoms with Gasteiger partial charge in [-0.05, 0) is 38.5 Å². The number of aromatic nitrogens is 2. The summed E-state index contributed by atoms with van der Waals surface area (Å²) in [7, 11) is 0. The topological polar surface area (TPSA) is 47.0 Å². The molecule has 0 radical (unpaired) electrons. The van der Waals surface area contributed by atoms with Crippen molar-refractivity contribution in [1.29, 1.82) is 0 Å². The van der Waals surface area contributed by atoms with Crippen molar-refractivity contribution in [3.8, 4) is 11.6 Å². The molecule has 1 heterocycles. The third-order valence-electron chi connectivity index (χ3n) is 2.47. The van der Waals surface area contributed by atoms with Crippen molar-refractivity contribution in [3.63, 3.8) is 0 Å². The number of nitrogens with one attached hydrogen (secondary N) is 1. The van der Waals surface area contributed by atoms with Crippen LogP contribution in [0.4, 0.5) is 5.82 Å². The van der Waals surface area contributed by atoms with Crippen LogP contribution in [0.25, 0.3) is 0 Å². The molecule has 0 fully saturated rings. The van der Waals surface area contributed by atoms with E-state index in [1.165, 1.54) is 0 Å². The van der Waals surface area contributed by atoms with Gasteiger partial charge in [-0.3, -0.25) is 0 Å². The van der Waals surface area contributed by atoms with Gasteiger partial charge in [-0.25, -0.2) is 4.98 Å². The van der Waals surface area contributed by atoms with E-state index in [-0.39, 0.29) is 0 Å². The van der Waals surface area contributed by atoms with E-state index in [4.69, 9.17) is 16.3 Å². The van der Waals surface area contributed by atoms with Crippen molar-refractivity contribution >= 4 is 17.4 Å². The summed E-state index contributed by atoms with van der Waals surface area (Å²) in [6, 6.07) is 7.39. The Kier molecular flexibility index (Phi) is 4.22. The number of halogens is 1. The molecule has 5 heteroatoms. The minimum atomic E-state index is 0.481. The number of rotatable bonds is 4. The van der Waals surface area contributed by atoms with Crippen LogP contribution in [0.15, 0.2) is 24.3 Å². The summed E-state index contributed by atoms with van der Waals surface area (Å²) in [4.78, 5) is 8.51. The highest BCUT2D eigenvalue weighted by Crippen LogP contribution is 2.29. The Morgan fingerprint density at radius 1 is 1.21 bits per heavy atom. The minimum Gasteiger partial charge on any atom is -0.437 e. The minimum absolute atomic E-state index is 0.481. The quantitative estimate of drug-likeness (QED) is 0.918. The molecule has 0 aliphatic rings. The molecule has 2 aromatic rings. The lowest BCUT2D eigenvalue weighted by Crippen LogP contribution is -2.02. The highest BCUT2D eigenvalue weighted by molar-refractivity contribution is 6.32. The third kappa shape index (κ3) is 3.58. The normalized spacial score (nSPS) is 10.3. The van der Waals surface area contributed by atoms with Crippen molar-refractivity contribution in [2.45, 2.75) is 20.8 Å². The molecule has 1 aromatic heterocycles. The molecule has 0 unspecified atom stereocenters. The zero-order valence-corrected chi connectivity index (χ0v) is 12.0. The van der Waals surface area contributed by atoms with Gasteiger partial charge in [0.25, 0.3) is 0 Å². The first kappa shape index (κ1) is 13.6. The molecule has 4 nitrogen and oxygen atoms in total. The van der Waals surface area contributed by atoms with Gasteiger partial charge >= 0.3 is 0 Å². The molecule has 0 aliphatic carbocycles. The Morgan fingerprint density at radius 2 is 2.00 bits per heavy atom. The summed E-state index contributed by atoms with van der Waals surface area (Å²) in [6.45, 7) is 6.61. The van der Waals surface area contributed by atoms with Crippen LogP contribution in [-0.4, -0.2) is 16.5 Å². The molecule has 0 amide bonds. The summed E-state index contributed by atoms with van der Waals surface area (Å²) in [5.74, 6) is 2.46. The van der Waals surface area contributed by atoms with Crippen LogP contribution >= 0.6 is 11.6 Å². The molecule has 0 saturated carbocycles. The third-order valence-corrected chi connectivity index (χ3v) is 2.77. The number of anilines is 1. The van der Waals surface area contributed by atoms with Gasteiger partial charge in [0.15, 0.2) is 0 Å². The van der Waals surface area contributed by atoms with E-state index in [1.54, 1.807) is 6.07 Å². The van der Waals surface area contributed by atoms with Crippen LogP contribution in [-0.2, 0) is 0 Å². The summed E-state index contributed by atoms with van der Waals surface area (Å²) in [6.07, 6.45) is 0. The maximum atomic E-state index is 6.14. The molecule has 0 spiro atoms. The van der Waals surface area contributed by atoms with E-state index >= 15 is 0 Å². The number of nitrogens with zero attached hydrogens (tertiary/aromatic N) is 2. The molecule has 0 aliphatic heterocycles. The van der Waals surface area contributed by atoms with Gasteiger partial charge in [-0.15, -0.1) is 0 Å². The number of hydrogen-bond acceptors (Lipinski definition) is 4. The smallest absolute Gasteiger partial charge is 0.224 e. The summed E-state index contributed by atoms with van der Waals surface area (Å²) in [5.41, 5.74) is 1.09. The number of benzene rings is 1. The lowest BCUT2D eigenvalue weighted by Gasteiger charge is -2.09. The average Bonchev–Trinajstić information content (AvgIpc) is 2.32. The largest absolute Gasteiger partial charge is 0.437 e. The molecule has 19 heavy (non-hydrogen) atoms. The fourth-order valence-corrected chi connectivity index (χ4v) is 1.94. The standard InChI is InChI=1S/C14H16ClN3O/c1-4-16-13-8-14(18-10(3)17-13)19-12-6-5-9(2)7-11(12)15/h5-8H,4H2,1-3H3,(H,16,17,18). The Balaban J connectivity index is 2.27. The Hall–Kier alpha value is -1.81. The first-order valence-electron chi connectivity index (χ1n) is 6.12. The maximum Gasteiger partial charge on any atom is 0.224 e. The zero-order chi connectivity index (χ0) is 13.8. The predicted molar refractivity (Wildman–Crippen MR) is 77.2 cm³/mol. The number of ether oxygens (including phenoxy) is 1. The average molecular weight is 278 g/mol.